The van der Waals surface area contributed by atoms with Crippen molar-refractivity contribution in [2.75, 3.05) is 19.6 Å². The van der Waals surface area contributed by atoms with Crippen LogP contribution in [0.3, 0.4) is 0 Å². The van der Waals surface area contributed by atoms with E-state index < -0.39 is 42.2 Å². The fourth-order valence-corrected chi connectivity index (χ4v) is 11.1. The minimum absolute atomic E-state index is 0.0781. The molecular weight excluding hydrogens is 590 g/mol. The van der Waals surface area contributed by atoms with Gasteiger partial charge in [0.15, 0.2) is 0 Å². The summed E-state index contributed by atoms with van der Waals surface area (Å²) >= 11 is -2.60. The van der Waals surface area contributed by atoms with Gasteiger partial charge in [-0.1, -0.05) is 34.1 Å². The molecule has 2 amide bonds. The van der Waals surface area contributed by atoms with E-state index in [2.05, 4.69) is 37.3 Å². The first-order chi connectivity index (χ1) is 20.0. The van der Waals surface area contributed by atoms with Crippen LogP contribution < -0.4 is 10.0 Å². The number of hydroxylamine groups is 2. The molecule has 12 atom stereocenters. The van der Waals surface area contributed by atoms with Gasteiger partial charge in [-0.2, -0.15) is 26.9 Å². The number of carbonyl (C=O) groups excluding carboxylic acids is 1. The van der Waals surface area contributed by atoms with Gasteiger partial charge in [-0.25, -0.2) is 13.7 Å². The molecule has 1 aliphatic heterocycles. The van der Waals surface area contributed by atoms with Crippen molar-refractivity contribution < 1.29 is 41.1 Å². The summed E-state index contributed by atoms with van der Waals surface area (Å²) < 4.78 is 71.9. The second-order valence-electron chi connectivity index (χ2n) is 14.8. The Bertz CT molecular complexity index is 1060. The lowest BCUT2D eigenvalue weighted by Crippen LogP contribution is -2.62. The minimum atomic E-state index is -4.31. The molecule has 0 aromatic heterocycles. The van der Waals surface area contributed by atoms with E-state index in [-0.39, 0.29) is 52.4 Å². The first-order valence-electron chi connectivity index (χ1n) is 16.1. The Kier molecular flexibility index (Phi) is 9.28. The molecule has 4 saturated carbocycles. The van der Waals surface area contributed by atoms with Gasteiger partial charge in [-0.15, -0.1) is 0 Å². The molecule has 4 aliphatic carbocycles. The van der Waals surface area contributed by atoms with Gasteiger partial charge in [0.2, 0.25) is 0 Å². The molecule has 43 heavy (non-hydrogen) atoms. The Labute approximate surface area is 254 Å². The normalized spacial score (nSPS) is 45.0. The van der Waals surface area contributed by atoms with Gasteiger partial charge in [0, 0.05) is 6.54 Å². The highest BCUT2D eigenvalue weighted by Crippen LogP contribution is 2.69. The van der Waals surface area contributed by atoms with Crippen LogP contribution in [-0.2, 0) is 15.6 Å². The van der Waals surface area contributed by atoms with Gasteiger partial charge in [0.05, 0.1) is 25.3 Å². The first kappa shape index (κ1) is 33.3. The van der Waals surface area contributed by atoms with Crippen LogP contribution in [0.4, 0.5) is 22.4 Å². The molecule has 0 bridgehead atoms. The van der Waals surface area contributed by atoms with Gasteiger partial charge in [-0.3, -0.25) is 0 Å². The van der Waals surface area contributed by atoms with E-state index in [1.807, 2.05) is 4.72 Å². The number of alkyl halides is 4. The number of hydrogen-bond donors (Lipinski definition) is 4. The number of amides is 2. The van der Waals surface area contributed by atoms with Gasteiger partial charge in [-0.05, 0) is 104 Å². The Hall–Kier alpha value is -1.02. The van der Waals surface area contributed by atoms with Gasteiger partial charge < -0.3 is 15.5 Å². The smallest absolute Gasteiger partial charge is 0.328 e. The molecule has 13 heteroatoms. The number of rotatable bonds is 8. The fraction of sp³-hybridized carbons (Fsp3) is 0.967. The molecule has 5 rings (SSSR count). The van der Waals surface area contributed by atoms with Crippen LogP contribution >= 0.6 is 0 Å². The highest BCUT2D eigenvalue weighted by molar-refractivity contribution is 7.78. The molecule has 0 aromatic carbocycles. The molecule has 0 radical (unpaired) electrons. The molecule has 0 spiro atoms. The lowest BCUT2D eigenvalue weighted by Gasteiger charge is -2.64. The highest BCUT2D eigenvalue weighted by atomic mass is 32.2. The predicted octanol–water partition coefficient (Wildman–Crippen LogP) is 5.04. The Morgan fingerprint density at radius 1 is 1.00 bits per heavy atom. The van der Waals surface area contributed by atoms with Crippen LogP contribution in [0.25, 0.3) is 0 Å². The molecule has 4 N–H and O–H groups in total. The average Bonchev–Trinajstić information content (AvgIpc) is 3.36. The van der Waals surface area contributed by atoms with E-state index in [0.29, 0.717) is 30.1 Å². The number of nitrogens with zero attached hydrogens (tertiary/aromatic N) is 1. The monoisotopic (exact) mass is 639 g/mol. The van der Waals surface area contributed by atoms with Crippen molar-refractivity contribution in [2.45, 2.75) is 110 Å². The zero-order valence-corrected chi connectivity index (χ0v) is 26.5. The zero-order valence-electron chi connectivity index (χ0n) is 25.7. The van der Waals surface area contributed by atoms with Crippen molar-refractivity contribution in [2.24, 2.45) is 52.3 Å². The van der Waals surface area contributed by atoms with E-state index in [9.17, 15) is 36.8 Å². The number of fused-ring (bicyclic) bond motifs is 5. The summed E-state index contributed by atoms with van der Waals surface area (Å²) in [6.07, 6.45) is 7.93. The van der Waals surface area contributed by atoms with Crippen LogP contribution in [0.2, 0.25) is 0 Å². The van der Waals surface area contributed by atoms with E-state index in [1.54, 1.807) is 0 Å². The van der Waals surface area contributed by atoms with Crippen molar-refractivity contribution in [3.8, 4) is 0 Å². The van der Waals surface area contributed by atoms with Crippen LogP contribution in [0, 0.1) is 52.3 Å². The second-order valence-corrected chi connectivity index (χ2v) is 15.6. The molecule has 5 aliphatic rings. The number of halogens is 4. The minimum Gasteiger partial charge on any atom is -0.393 e. The molecule has 1 saturated heterocycles. The Morgan fingerprint density at radius 2 is 1.63 bits per heavy atom. The van der Waals surface area contributed by atoms with Crippen molar-refractivity contribution in [1.29, 1.82) is 0 Å². The summed E-state index contributed by atoms with van der Waals surface area (Å²) in [4.78, 5) is 12.2. The molecule has 8 nitrogen and oxygen atoms in total. The van der Waals surface area contributed by atoms with E-state index in [4.69, 9.17) is 0 Å². The maximum absolute atomic E-state index is 13.3. The average molecular weight is 640 g/mol. The molecular formula is C30H49F4N3O5S. The largest absolute Gasteiger partial charge is 0.393 e. The standard InChI is InChI=1S/C30H49F4N3O5S/c1-5-19-23-14-18(38)8-11-28(23,4)22-9-12-27(3)20(6-7-21(27)24(22)25(19)39)17(2)10-13-35-26(40)36-43(41)42-37-15-29(31,32)30(33,34)16-37/h17-25,38-39H,5-16H2,1-4H3,(H2,35,36,40)/t17-,18-,19-,20-,21+,22+,23+,24+,25-,27-,28-,43?/m1/s1. The zero-order chi connectivity index (χ0) is 31.5. The summed E-state index contributed by atoms with van der Waals surface area (Å²) in [5.41, 5.74) is 0.223. The number of nitrogens with one attached hydrogen (secondary N) is 2. The summed E-state index contributed by atoms with van der Waals surface area (Å²) in [5.74, 6) is -6.22. The molecule has 5 fully saturated rings. The lowest BCUT2D eigenvalue weighted by atomic mass is 9.41. The van der Waals surface area contributed by atoms with Crippen molar-refractivity contribution in [3.63, 3.8) is 0 Å². The number of aliphatic hydroxyl groups excluding tert-OH is 2. The van der Waals surface area contributed by atoms with Crippen LogP contribution in [-0.4, -0.2) is 69.2 Å². The maximum Gasteiger partial charge on any atom is 0.328 e. The second kappa shape index (κ2) is 12.0. The van der Waals surface area contributed by atoms with Crippen LogP contribution in [0.5, 0.6) is 0 Å². The Morgan fingerprint density at radius 3 is 2.28 bits per heavy atom. The first-order valence-corrected chi connectivity index (χ1v) is 17.1. The quantitative estimate of drug-likeness (QED) is 0.277. The maximum atomic E-state index is 13.3. The van der Waals surface area contributed by atoms with Crippen molar-refractivity contribution in [1.82, 2.24) is 15.1 Å². The number of carbonyl (C=O) groups is 1. The third-order valence-electron chi connectivity index (χ3n) is 12.7. The van der Waals surface area contributed by atoms with E-state index >= 15 is 0 Å². The number of hydrogen-bond acceptors (Lipinski definition) is 6. The summed E-state index contributed by atoms with van der Waals surface area (Å²) in [6.45, 7) is 6.62. The lowest BCUT2D eigenvalue weighted by molar-refractivity contribution is -0.203. The summed E-state index contributed by atoms with van der Waals surface area (Å²) in [7, 11) is 0. The molecule has 0 aromatic rings. The molecule has 1 unspecified atom stereocenters. The summed E-state index contributed by atoms with van der Waals surface area (Å²) in [5, 5.41) is 25.2. The number of aliphatic hydroxyl groups is 2. The highest BCUT2D eigenvalue weighted by Gasteiger charge is 2.65. The predicted molar refractivity (Wildman–Crippen MR) is 153 cm³/mol. The van der Waals surface area contributed by atoms with E-state index in [1.165, 1.54) is 0 Å². The third-order valence-corrected chi connectivity index (χ3v) is 13.4. The fourth-order valence-electron chi connectivity index (χ4n) is 10.6. The van der Waals surface area contributed by atoms with Gasteiger partial charge >= 0.3 is 17.9 Å². The van der Waals surface area contributed by atoms with Crippen molar-refractivity contribution in [3.05, 3.63) is 0 Å². The number of urea groups is 1. The molecule has 1 heterocycles. The van der Waals surface area contributed by atoms with Crippen molar-refractivity contribution >= 4 is 17.3 Å². The molecule has 248 valence electrons. The summed E-state index contributed by atoms with van der Waals surface area (Å²) in [6, 6.07) is -0.837. The Balaban J connectivity index is 1.15. The van der Waals surface area contributed by atoms with Crippen LogP contribution in [0.1, 0.15) is 85.5 Å². The van der Waals surface area contributed by atoms with Crippen LogP contribution in [0.15, 0.2) is 0 Å². The van der Waals surface area contributed by atoms with Gasteiger partial charge in [0.1, 0.15) is 0 Å². The van der Waals surface area contributed by atoms with Gasteiger partial charge in [0.25, 0.3) is 11.3 Å². The topological polar surface area (TPSA) is 111 Å². The third kappa shape index (κ3) is 5.87. The SMILES string of the molecule is CC[C@H]1[C@@H](O)[C@@H]2[C@H](CC[C@]3(C)[C@@H]([C@H](C)CCNC(=O)NS(=O)ON4CC(F)(F)C(F)(F)C4)CC[C@@H]23)[C@@]2(C)CC[C@@H](O)C[C@@H]12. The van der Waals surface area contributed by atoms with E-state index in [0.717, 1.165) is 51.4 Å².